The van der Waals surface area contributed by atoms with Crippen molar-refractivity contribution < 1.29 is 48.6 Å². The van der Waals surface area contributed by atoms with Crippen LogP contribution in [-0.2, 0) is 51.2 Å². The van der Waals surface area contributed by atoms with Crippen LogP contribution in [-0.4, -0.2) is 149 Å². The first-order valence-electron chi connectivity index (χ1n) is 26.4. The van der Waals surface area contributed by atoms with Crippen LogP contribution in [0.4, 0.5) is 0 Å². The molecule has 9 N–H and O–H groups in total. The first-order chi connectivity index (χ1) is 34.8. The van der Waals surface area contributed by atoms with Gasteiger partial charge in [-0.25, -0.2) is 0 Å². The molecule has 0 aromatic heterocycles. The first kappa shape index (κ1) is 57.5. The smallest absolute Gasteiger partial charge is 0.252 e. The summed E-state index contributed by atoms with van der Waals surface area (Å²) in [5.74, 6) is -5.49. The molecule has 2 heterocycles. The number of carbonyl (C=O) groups is 8. The van der Waals surface area contributed by atoms with Gasteiger partial charge in [0, 0.05) is 25.6 Å². The Bertz CT molecular complexity index is 2240. The van der Waals surface area contributed by atoms with Gasteiger partial charge in [0.1, 0.15) is 30.3 Å². The molecule has 0 spiro atoms. The third kappa shape index (κ3) is 13.6. The van der Waals surface area contributed by atoms with Crippen LogP contribution in [0, 0.1) is 16.7 Å². The number of fused-ring (bicyclic) bond motifs is 2. The Kier molecular flexibility index (Phi) is 18.9. The van der Waals surface area contributed by atoms with E-state index >= 15 is 0 Å². The lowest BCUT2D eigenvalue weighted by Gasteiger charge is -2.36. The molecule has 2 saturated heterocycles. The molecule has 19 nitrogen and oxygen atoms in total. The molecular weight excluding hydrogens is 947 g/mol. The third-order valence-corrected chi connectivity index (χ3v) is 15.4. The number of aryl methyl sites for hydroxylation is 2. The highest BCUT2D eigenvalue weighted by Gasteiger charge is 2.49. The number of ketones is 1. The SMILES string of the molecule is CN[C@@H](C)C(=O)N[C@H](C(=O)N1C[C@@H](CC(=O)[C@H](O)[C@@H](O)C(=O)N[C@H]2C[C@@H](C(=O)N[C@@H]3CCCc4ccccc43)N(C(=O)[C@@H](NC(=O)[C@H](C)NC)C(C)(C)C)C2)C[C@H]1C(=O)N[C@@H]1CCCc2ccccc21)C(C)(C)C. The van der Waals surface area contributed by atoms with Crippen molar-refractivity contribution in [3.8, 4) is 0 Å². The summed E-state index contributed by atoms with van der Waals surface area (Å²) in [5, 5.41) is 43.1. The topological polar surface area (TPSA) is 268 Å². The number of aliphatic hydroxyl groups excluding tert-OH is 2. The lowest BCUT2D eigenvalue weighted by Crippen LogP contribution is -2.59. The number of nitrogens with zero attached hydrogens (tertiary/aromatic N) is 2. The van der Waals surface area contributed by atoms with E-state index in [2.05, 4.69) is 37.2 Å². The van der Waals surface area contributed by atoms with Crippen molar-refractivity contribution in [3.63, 3.8) is 0 Å². The van der Waals surface area contributed by atoms with Crippen LogP contribution in [0.15, 0.2) is 48.5 Å². The van der Waals surface area contributed by atoms with E-state index in [0.717, 1.165) is 47.9 Å². The molecule has 2 aliphatic carbocycles. The van der Waals surface area contributed by atoms with Crippen molar-refractivity contribution >= 4 is 47.1 Å². The summed E-state index contributed by atoms with van der Waals surface area (Å²) in [6.45, 7) is 13.8. The van der Waals surface area contributed by atoms with E-state index in [4.69, 9.17) is 0 Å². The van der Waals surface area contributed by atoms with Gasteiger partial charge in [0.2, 0.25) is 35.4 Å². The van der Waals surface area contributed by atoms with Crippen LogP contribution in [0.25, 0.3) is 0 Å². The van der Waals surface area contributed by atoms with Gasteiger partial charge in [0.25, 0.3) is 5.91 Å². The monoisotopic (exact) mass is 1030 g/mol. The molecule has 74 heavy (non-hydrogen) atoms. The minimum atomic E-state index is -2.26. The fourth-order valence-corrected chi connectivity index (χ4v) is 10.8. The maximum Gasteiger partial charge on any atom is 0.252 e. The number of likely N-dealkylation sites (N-methyl/N-ethyl adjacent to an activating group) is 2. The Hall–Kier alpha value is -5.76. The minimum absolute atomic E-state index is 0.0239. The number of rotatable bonds is 18. The Morgan fingerprint density at radius 3 is 1.47 bits per heavy atom. The predicted molar refractivity (Wildman–Crippen MR) is 278 cm³/mol. The minimum Gasteiger partial charge on any atom is -0.382 e. The van der Waals surface area contributed by atoms with Gasteiger partial charge < -0.3 is 57.2 Å². The standard InChI is InChI=1S/C55H81N9O10/c1-30(56-9)47(68)61-45(54(3,4)5)52(73)63-28-32(25-40(63)49(70)59-38-23-15-19-33-17-11-13-21-36(33)38)26-42(65)43(66)44(67)51(72)58-35-27-41(50(71)60-39-24-16-20-34-18-12-14-22-37(34)39)64(29-35)53(74)46(55(6,7)8)62-48(69)31(2)57-10/h11-14,17-18,21-22,30-32,35,38-41,43-46,56-57,66-67H,15-16,19-20,23-29H2,1-10H3,(H,58,72)(H,59,70)(H,60,71)(H,61,68)(H,62,69)/t30-,31-,32+,35-,38+,39+,40-,41-,43-,44+,45+,46+/m0/s1. The molecule has 0 radical (unpaired) electrons. The van der Waals surface area contributed by atoms with Crippen LogP contribution in [0.2, 0.25) is 0 Å². The Labute approximate surface area is 435 Å². The third-order valence-electron chi connectivity index (χ3n) is 15.4. The number of aliphatic hydroxyl groups is 2. The van der Waals surface area contributed by atoms with Gasteiger partial charge in [-0.1, -0.05) is 90.1 Å². The molecule has 2 fully saturated rings. The molecule has 6 rings (SSSR count). The van der Waals surface area contributed by atoms with Crippen molar-refractivity contribution in [3.05, 3.63) is 70.8 Å². The molecule has 2 aromatic carbocycles. The maximum absolute atomic E-state index is 14.6. The molecule has 0 unspecified atom stereocenters. The van der Waals surface area contributed by atoms with E-state index < -0.39 is 125 Å². The second-order valence-electron chi connectivity index (χ2n) is 23.1. The molecule has 4 aliphatic rings. The average Bonchev–Trinajstić information content (AvgIpc) is 4.00. The molecule has 0 saturated carbocycles. The van der Waals surface area contributed by atoms with Gasteiger partial charge in [-0.2, -0.15) is 0 Å². The van der Waals surface area contributed by atoms with Gasteiger partial charge in [-0.15, -0.1) is 0 Å². The largest absolute Gasteiger partial charge is 0.382 e. The number of carbonyl (C=O) groups excluding carboxylic acids is 8. The van der Waals surface area contributed by atoms with E-state index in [9.17, 15) is 48.6 Å². The zero-order valence-corrected chi connectivity index (χ0v) is 44.9. The number of benzene rings is 2. The van der Waals surface area contributed by atoms with Crippen molar-refractivity contribution in [2.75, 3.05) is 27.2 Å². The number of hydrogen-bond donors (Lipinski definition) is 9. The molecule has 2 aliphatic heterocycles. The molecular formula is C55H81N9O10. The van der Waals surface area contributed by atoms with Crippen LogP contribution >= 0.6 is 0 Å². The van der Waals surface area contributed by atoms with Crippen molar-refractivity contribution in [2.24, 2.45) is 16.7 Å². The highest BCUT2D eigenvalue weighted by Crippen LogP contribution is 2.35. The second-order valence-corrected chi connectivity index (χ2v) is 23.1. The van der Waals surface area contributed by atoms with Gasteiger partial charge >= 0.3 is 0 Å². The number of nitrogens with one attached hydrogen (secondary N) is 7. The average molecular weight is 1030 g/mol. The zero-order chi connectivity index (χ0) is 54.4. The molecule has 12 atom stereocenters. The highest BCUT2D eigenvalue weighted by atomic mass is 16.3. The summed E-state index contributed by atoms with van der Waals surface area (Å²) < 4.78 is 0. The molecule has 0 bridgehead atoms. The van der Waals surface area contributed by atoms with Crippen molar-refractivity contribution in [2.45, 2.75) is 180 Å². The number of hydrogen-bond acceptors (Lipinski definition) is 12. The number of amides is 7. The predicted octanol–water partition coefficient (Wildman–Crippen LogP) is 1.64. The van der Waals surface area contributed by atoms with Crippen LogP contribution in [0.1, 0.15) is 135 Å². The summed E-state index contributed by atoms with van der Waals surface area (Å²) in [4.78, 5) is 115. The molecule has 19 heteroatoms. The van der Waals surface area contributed by atoms with Gasteiger partial charge in [0.05, 0.1) is 24.2 Å². The van der Waals surface area contributed by atoms with Gasteiger partial charge in [-0.05, 0) is 118 Å². The summed E-state index contributed by atoms with van der Waals surface area (Å²) in [6, 6.07) is 8.61. The Morgan fingerprint density at radius 1 is 0.595 bits per heavy atom. The number of likely N-dealkylation sites (tertiary alicyclic amines) is 2. The van der Waals surface area contributed by atoms with E-state index in [1.807, 2.05) is 48.5 Å². The van der Waals surface area contributed by atoms with Crippen LogP contribution in [0.5, 0.6) is 0 Å². The van der Waals surface area contributed by atoms with E-state index in [1.54, 1.807) is 69.5 Å². The first-order valence-corrected chi connectivity index (χ1v) is 26.4. The summed E-state index contributed by atoms with van der Waals surface area (Å²) in [6.07, 6.45) is -0.150. The van der Waals surface area contributed by atoms with E-state index in [-0.39, 0.29) is 38.0 Å². The van der Waals surface area contributed by atoms with E-state index in [1.165, 1.54) is 9.80 Å². The van der Waals surface area contributed by atoms with Crippen LogP contribution in [0.3, 0.4) is 0 Å². The van der Waals surface area contributed by atoms with E-state index in [0.29, 0.717) is 12.8 Å². The van der Waals surface area contributed by atoms with Crippen molar-refractivity contribution in [1.82, 2.24) is 47.0 Å². The molecule has 406 valence electrons. The Balaban J connectivity index is 1.18. The lowest BCUT2D eigenvalue weighted by atomic mass is 9.85. The second kappa shape index (κ2) is 24.3. The molecule has 7 amide bonds. The summed E-state index contributed by atoms with van der Waals surface area (Å²) in [7, 11) is 3.24. The molecule has 2 aromatic rings. The fourth-order valence-electron chi connectivity index (χ4n) is 10.8. The normalized spacial score (nSPS) is 24.2. The summed E-state index contributed by atoms with van der Waals surface area (Å²) >= 11 is 0. The van der Waals surface area contributed by atoms with Gasteiger partial charge in [0.15, 0.2) is 11.9 Å². The number of Topliss-reactive ketones (excluding diaryl/α,β-unsaturated/α-hetero) is 1. The van der Waals surface area contributed by atoms with Crippen molar-refractivity contribution in [1.29, 1.82) is 0 Å². The Morgan fingerprint density at radius 2 is 1.03 bits per heavy atom. The zero-order valence-electron chi connectivity index (χ0n) is 44.9. The van der Waals surface area contributed by atoms with Crippen LogP contribution < -0.4 is 37.2 Å². The lowest BCUT2D eigenvalue weighted by molar-refractivity contribution is -0.146. The fraction of sp³-hybridized carbons (Fsp3) is 0.636. The quantitative estimate of drug-likeness (QED) is 0.103. The van der Waals surface area contributed by atoms with Gasteiger partial charge in [-0.3, -0.25) is 38.4 Å². The maximum atomic E-state index is 14.6. The summed E-state index contributed by atoms with van der Waals surface area (Å²) in [5.41, 5.74) is 2.60. The highest BCUT2D eigenvalue weighted by molar-refractivity contribution is 5.96.